The molecule has 0 bridgehead atoms. The fraction of sp³-hybridized carbons (Fsp3) is 0.440. The van der Waals surface area contributed by atoms with Gasteiger partial charge >= 0.3 is 0 Å². The highest BCUT2D eigenvalue weighted by atomic mass is 32.2. The van der Waals surface area contributed by atoms with Crippen molar-refractivity contribution >= 4 is 21.4 Å². The number of hydrogen-bond acceptors (Lipinski definition) is 6. The molecule has 8 heteroatoms. The molecule has 1 unspecified atom stereocenters. The maximum absolute atomic E-state index is 13.0. The van der Waals surface area contributed by atoms with E-state index in [4.69, 9.17) is 4.74 Å². The van der Waals surface area contributed by atoms with Crippen LogP contribution in [0.5, 0.6) is 5.75 Å². The summed E-state index contributed by atoms with van der Waals surface area (Å²) < 4.78 is 30.0. The van der Waals surface area contributed by atoms with Crippen molar-refractivity contribution < 1.29 is 17.9 Å². The highest BCUT2D eigenvalue weighted by molar-refractivity contribution is 7.91. The highest BCUT2D eigenvalue weighted by Gasteiger charge is 2.29. The number of nitriles is 1. The predicted octanol–water partition coefficient (Wildman–Crippen LogP) is 3.54. The predicted molar refractivity (Wildman–Crippen MR) is 128 cm³/mol. The smallest absolute Gasteiger partial charge is 0.261 e. The molecule has 33 heavy (non-hydrogen) atoms. The molecule has 1 aliphatic rings. The van der Waals surface area contributed by atoms with Crippen LogP contribution in [0, 0.1) is 17.2 Å². The van der Waals surface area contributed by atoms with Crippen LogP contribution in [0.25, 0.3) is 0 Å². The van der Waals surface area contributed by atoms with E-state index in [1.807, 2.05) is 26.0 Å². The van der Waals surface area contributed by atoms with Crippen LogP contribution in [0.2, 0.25) is 0 Å². The van der Waals surface area contributed by atoms with Gasteiger partial charge in [-0.1, -0.05) is 32.9 Å². The largest absolute Gasteiger partial charge is 0.479 e. The standard InChI is InChI=1S/C25H31N3O4S/c1-4-33(30,31)22-11-9-21(10-12-22)28-15-13-20(14-16-28)27-25(29)24(18(2)3)32-23-8-6-5-7-19(23)17-26/h5-12,18,20,24H,4,13-16H2,1-3H3,(H,27,29). The lowest BCUT2D eigenvalue weighted by molar-refractivity contribution is -0.130. The number of ether oxygens (including phenoxy) is 1. The van der Waals surface area contributed by atoms with Gasteiger partial charge < -0.3 is 15.0 Å². The van der Waals surface area contributed by atoms with Gasteiger partial charge in [-0.2, -0.15) is 5.26 Å². The number of nitrogens with zero attached hydrogens (tertiary/aromatic N) is 2. The molecule has 7 nitrogen and oxygen atoms in total. The molecule has 0 spiro atoms. The Labute approximate surface area is 196 Å². The monoisotopic (exact) mass is 469 g/mol. The Morgan fingerprint density at radius 1 is 1.15 bits per heavy atom. The Morgan fingerprint density at radius 3 is 2.36 bits per heavy atom. The van der Waals surface area contributed by atoms with Gasteiger partial charge in [0.15, 0.2) is 15.9 Å². The number of nitrogens with one attached hydrogen (secondary N) is 1. The molecular weight excluding hydrogens is 438 g/mol. The molecule has 1 saturated heterocycles. The summed E-state index contributed by atoms with van der Waals surface area (Å²) in [5.41, 5.74) is 1.38. The van der Waals surface area contributed by atoms with E-state index in [0.29, 0.717) is 16.2 Å². The van der Waals surface area contributed by atoms with E-state index in [1.54, 1.807) is 43.3 Å². The van der Waals surface area contributed by atoms with E-state index in [9.17, 15) is 18.5 Å². The maximum atomic E-state index is 13.0. The molecular formula is C25H31N3O4S. The van der Waals surface area contributed by atoms with Crippen molar-refractivity contribution in [3.8, 4) is 11.8 Å². The van der Waals surface area contributed by atoms with Crippen LogP contribution in [0.3, 0.4) is 0 Å². The summed E-state index contributed by atoms with van der Waals surface area (Å²) in [5.74, 6) is 0.262. The number of amides is 1. The van der Waals surface area contributed by atoms with Crippen LogP contribution >= 0.6 is 0 Å². The van der Waals surface area contributed by atoms with Gasteiger partial charge in [0.2, 0.25) is 0 Å². The second kappa shape index (κ2) is 10.7. The molecule has 1 N–H and O–H groups in total. The number of rotatable bonds is 8. The third kappa shape index (κ3) is 6.05. The Hall–Kier alpha value is -3.05. The summed E-state index contributed by atoms with van der Waals surface area (Å²) in [6.07, 6.45) is 0.867. The molecule has 0 aliphatic carbocycles. The number of piperidine rings is 1. The summed E-state index contributed by atoms with van der Waals surface area (Å²) in [6.45, 7) is 7.00. The molecule has 0 saturated carbocycles. The maximum Gasteiger partial charge on any atom is 0.261 e. The Bertz CT molecular complexity index is 1100. The van der Waals surface area contributed by atoms with Crippen LogP contribution in [0.15, 0.2) is 53.4 Å². The number of benzene rings is 2. The fourth-order valence-corrected chi connectivity index (χ4v) is 4.77. The lowest BCUT2D eigenvalue weighted by atomic mass is 10.0. The Balaban J connectivity index is 1.58. The van der Waals surface area contributed by atoms with E-state index in [0.717, 1.165) is 31.6 Å². The first-order chi connectivity index (χ1) is 15.7. The first-order valence-electron chi connectivity index (χ1n) is 11.3. The minimum absolute atomic E-state index is 0.0320. The summed E-state index contributed by atoms with van der Waals surface area (Å²) >= 11 is 0. The molecule has 1 aliphatic heterocycles. The van der Waals surface area contributed by atoms with Crippen molar-refractivity contribution in [2.75, 3.05) is 23.7 Å². The zero-order valence-electron chi connectivity index (χ0n) is 19.3. The van der Waals surface area contributed by atoms with Crippen molar-refractivity contribution in [1.29, 1.82) is 5.26 Å². The topological polar surface area (TPSA) is 99.5 Å². The van der Waals surface area contributed by atoms with Gasteiger partial charge in [0.05, 0.1) is 16.2 Å². The second-order valence-electron chi connectivity index (χ2n) is 8.56. The molecule has 1 amide bonds. The van der Waals surface area contributed by atoms with E-state index in [2.05, 4.69) is 16.3 Å². The summed E-state index contributed by atoms with van der Waals surface area (Å²) in [6, 6.07) is 16.1. The molecule has 2 aromatic carbocycles. The highest BCUT2D eigenvalue weighted by Crippen LogP contribution is 2.24. The number of para-hydroxylation sites is 1. The van der Waals surface area contributed by atoms with Gasteiger partial charge in [-0.25, -0.2) is 8.42 Å². The number of sulfone groups is 1. The first-order valence-corrected chi connectivity index (χ1v) is 12.9. The molecule has 1 atom stereocenters. The lowest BCUT2D eigenvalue weighted by Gasteiger charge is -2.35. The van der Waals surface area contributed by atoms with Crippen molar-refractivity contribution in [2.45, 2.75) is 50.7 Å². The van der Waals surface area contributed by atoms with Crippen LogP contribution in [-0.2, 0) is 14.6 Å². The van der Waals surface area contributed by atoms with Gasteiger partial charge in [-0.05, 0) is 55.2 Å². The van der Waals surface area contributed by atoms with Crippen molar-refractivity contribution in [3.05, 3.63) is 54.1 Å². The van der Waals surface area contributed by atoms with Gasteiger partial charge in [-0.3, -0.25) is 4.79 Å². The van der Waals surface area contributed by atoms with Gasteiger partial charge in [-0.15, -0.1) is 0 Å². The number of hydrogen-bond donors (Lipinski definition) is 1. The minimum Gasteiger partial charge on any atom is -0.479 e. The van der Waals surface area contributed by atoms with Crippen LogP contribution in [0.1, 0.15) is 39.2 Å². The molecule has 0 aromatic heterocycles. The van der Waals surface area contributed by atoms with Crippen molar-refractivity contribution in [1.82, 2.24) is 5.32 Å². The Morgan fingerprint density at radius 2 is 1.79 bits per heavy atom. The summed E-state index contributed by atoms with van der Waals surface area (Å²) in [7, 11) is -3.21. The summed E-state index contributed by atoms with van der Waals surface area (Å²) in [5, 5.41) is 12.4. The number of carbonyl (C=O) groups excluding carboxylic acids is 1. The third-order valence-corrected chi connectivity index (χ3v) is 7.66. The zero-order chi connectivity index (χ0) is 24.0. The Kier molecular flexibility index (Phi) is 7.98. The zero-order valence-corrected chi connectivity index (χ0v) is 20.1. The average molecular weight is 470 g/mol. The summed E-state index contributed by atoms with van der Waals surface area (Å²) in [4.78, 5) is 15.5. The molecule has 3 rings (SSSR count). The molecule has 176 valence electrons. The molecule has 1 fully saturated rings. The van der Waals surface area contributed by atoms with Gasteiger partial charge in [0.1, 0.15) is 11.8 Å². The van der Waals surface area contributed by atoms with Crippen LogP contribution < -0.4 is 15.0 Å². The van der Waals surface area contributed by atoms with E-state index in [-0.39, 0.29) is 23.6 Å². The minimum atomic E-state index is -3.21. The molecule has 1 heterocycles. The quantitative estimate of drug-likeness (QED) is 0.635. The molecule has 2 aromatic rings. The van der Waals surface area contributed by atoms with Crippen LogP contribution in [0.4, 0.5) is 5.69 Å². The van der Waals surface area contributed by atoms with Gasteiger partial charge in [0, 0.05) is 24.8 Å². The van der Waals surface area contributed by atoms with Gasteiger partial charge in [0.25, 0.3) is 5.91 Å². The lowest BCUT2D eigenvalue weighted by Crippen LogP contribution is -2.50. The fourth-order valence-electron chi connectivity index (χ4n) is 3.89. The van der Waals surface area contributed by atoms with E-state index >= 15 is 0 Å². The molecule has 0 radical (unpaired) electrons. The third-order valence-electron chi connectivity index (χ3n) is 5.91. The average Bonchev–Trinajstić information content (AvgIpc) is 2.83. The normalized spacial score (nSPS) is 15.7. The number of anilines is 1. The van der Waals surface area contributed by atoms with E-state index in [1.165, 1.54) is 0 Å². The SMILES string of the molecule is CCS(=O)(=O)c1ccc(N2CCC(NC(=O)C(Oc3ccccc3C#N)C(C)C)CC2)cc1. The first kappa shape index (κ1) is 24.6. The second-order valence-corrected chi connectivity index (χ2v) is 10.8. The van der Waals surface area contributed by atoms with Crippen LogP contribution in [-0.4, -0.2) is 45.3 Å². The number of carbonyl (C=O) groups is 1. The van der Waals surface area contributed by atoms with E-state index < -0.39 is 15.9 Å². The van der Waals surface area contributed by atoms with Crippen molar-refractivity contribution in [3.63, 3.8) is 0 Å². The van der Waals surface area contributed by atoms with Crippen molar-refractivity contribution in [2.24, 2.45) is 5.92 Å².